The summed E-state index contributed by atoms with van der Waals surface area (Å²) in [5.74, 6) is 0. The predicted octanol–water partition coefficient (Wildman–Crippen LogP) is 4.10. The minimum Gasteiger partial charge on any atom is -0.498 e. The highest BCUT2D eigenvalue weighted by atomic mass is 79.9. The van der Waals surface area contributed by atoms with Crippen molar-refractivity contribution in [3.63, 3.8) is 0 Å². The number of likely N-dealkylation sites (tertiary alicyclic amines) is 2. The molecule has 1 amide bonds. The van der Waals surface area contributed by atoms with E-state index in [9.17, 15) is 19.5 Å². The number of carbonyl (C=O) groups excluding carboxylic acids is 2. The van der Waals surface area contributed by atoms with E-state index in [1.807, 2.05) is 42.5 Å². The summed E-state index contributed by atoms with van der Waals surface area (Å²) in [5.41, 5.74) is 1.62. The zero-order valence-corrected chi connectivity index (χ0v) is 30.3. The fourth-order valence-electron chi connectivity index (χ4n) is 8.79. The average Bonchev–Trinajstić information content (AvgIpc) is 3.44. The Morgan fingerprint density at radius 2 is 1.79 bits per heavy atom. The van der Waals surface area contributed by atoms with E-state index in [4.69, 9.17) is 0 Å². The molecule has 5 heterocycles. The Labute approximate surface area is 296 Å². The Bertz CT molecular complexity index is 1900. The van der Waals surface area contributed by atoms with Gasteiger partial charge in [-0.25, -0.2) is 4.79 Å². The largest absolute Gasteiger partial charge is 0.498 e. The second-order valence-corrected chi connectivity index (χ2v) is 15.5. The number of amides is 1. The first-order chi connectivity index (χ1) is 23.2. The van der Waals surface area contributed by atoms with Crippen LogP contribution >= 0.6 is 31.9 Å². The number of aromatic amines is 1. The molecule has 4 aromatic rings. The summed E-state index contributed by atoms with van der Waals surface area (Å²) in [6.45, 7) is 5.78. The third-order valence-corrected chi connectivity index (χ3v) is 13.2. The van der Waals surface area contributed by atoms with Gasteiger partial charge in [0.25, 0.3) is 6.09 Å². The Kier molecular flexibility index (Phi) is 9.37. The van der Waals surface area contributed by atoms with Crippen LogP contribution in [0, 0.1) is 0 Å². The van der Waals surface area contributed by atoms with Crippen LogP contribution in [0.5, 0.6) is 0 Å². The summed E-state index contributed by atoms with van der Waals surface area (Å²) >= 11 is 7.13. The SMILES string of the molecule is CN1CCN(C2CCN(C3(CC=O)CC(n4c(=O)[nH]c5c6ccccc6ncc54)CC[N@+]3(Cc3ccc(Br)c(Br)c3)C(=O)[O-])CC2)CC1. The lowest BCUT2D eigenvalue weighted by Crippen LogP contribution is -2.79. The summed E-state index contributed by atoms with van der Waals surface area (Å²) < 4.78 is 3.04. The van der Waals surface area contributed by atoms with Crippen molar-refractivity contribution in [2.45, 2.75) is 56.4 Å². The number of benzene rings is 2. The molecule has 3 aliphatic rings. The normalized spacial score (nSPS) is 26.7. The number of para-hydroxylation sites is 1. The number of hydrogen-bond donors (Lipinski definition) is 1. The van der Waals surface area contributed by atoms with E-state index < -0.39 is 16.2 Å². The molecule has 3 atom stereocenters. The van der Waals surface area contributed by atoms with E-state index in [-0.39, 0.29) is 31.2 Å². The van der Waals surface area contributed by atoms with Crippen LogP contribution in [-0.4, -0.2) is 111 Å². The highest BCUT2D eigenvalue weighted by Crippen LogP contribution is 2.48. The second-order valence-electron chi connectivity index (χ2n) is 13.8. The molecule has 0 saturated carbocycles. The molecule has 7 rings (SSSR count). The summed E-state index contributed by atoms with van der Waals surface area (Å²) in [6, 6.07) is 13.5. The van der Waals surface area contributed by atoms with Crippen LogP contribution in [0.4, 0.5) is 4.79 Å². The number of piperidine rings is 2. The molecule has 1 N–H and O–H groups in total. The van der Waals surface area contributed by atoms with E-state index in [1.54, 1.807) is 10.8 Å². The van der Waals surface area contributed by atoms with Crippen LogP contribution in [0.3, 0.4) is 0 Å². The van der Waals surface area contributed by atoms with E-state index in [0.717, 1.165) is 70.7 Å². The van der Waals surface area contributed by atoms with Crippen LogP contribution < -0.4 is 10.8 Å². The molecular weight excluding hydrogens is 742 g/mol. The van der Waals surface area contributed by atoms with Crippen LogP contribution in [0.1, 0.15) is 43.7 Å². The van der Waals surface area contributed by atoms with E-state index in [1.165, 1.54) is 0 Å². The lowest BCUT2D eigenvalue weighted by atomic mass is 9.82. The molecule has 2 unspecified atom stereocenters. The number of nitrogens with zero attached hydrogens (tertiary/aromatic N) is 6. The molecule has 2 aromatic carbocycles. The van der Waals surface area contributed by atoms with Gasteiger partial charge in [0, 0.05) is 78.0 Å². The number of fused-ring (bicyclic) bond motifs is 3. The smallest absolute Gasteiger partial charge is 0.326 e. The average molecular weight is 784 g/mol. The number of nitrogens with one attached hydrogen (secondary N) is 1. The Morgan fingerprint density at radius 1 is 1.04 bits per heavy atom. The lowest BCUT2D eigenvalue weighted by molar-refractivity contribution is -0.956. The van der Waals surface area contributed by atoms with E-state index >= 15 is 0 Å². The van der Waals surface area contributed by atoms with Gasteiger partial charge in [-0.05, 0) is 69.9 Å². The van der Waals surface area contributed by atoms with Gasteiger partial charge >= 0.3 is 5.69 Å². The van der Waals surface area contributed by atoms with Gasteiger partial charge in [0.05, 0.1) is 41.8 Å². The number of carboxylic acid groups (broad SMARTS) is 1. The maximum atomic E-state index is 13.8. The molecule has 0 aliphatic carbocycles. The second kappa shape index (κ2) is 13.4. The van der Waals surface area contributed by atoms with Crippen LogP contribution in [0.15, 0.2) is 62.4 Å². The molecule has 0 spiro atoms. The fraction of sp³-hybridized carbons (Fsp3) is 0.486. The Balaban J connectivity index is 1.31. The third-order valence-electron chi connectivity index (χ3n) is 11.3. The van der Waals surface area contributed by atoms with Gasteiger partial charge in [-0.1, -0.05) is 24.3 Å². The van der Waals surface area contributed by atoms with Gasteiger partial charge in [-0.3, -0.25) is 23.8 Å². The van der Waals surface area contributed by atoms with Crippen LogP contribution in [0.2, 0.25) is 0 Å². The molecule has 2 aromatic heterocycles. The molecular formula is C35H41Br2N7O4. The molecule has 0 bridgehead atoms. The van der Waals surface area contributed by atoms with Crippen LogP contribution in [-0.2, 0) is 11.3 Å². The number of aromatic nitrogens is 3. The number of rotatable bonds is 7. The highest BCUT2D eigenvalue weighted by molar-refractivity contribution is 9.13. The van der Waals surface area contributed by atoms with Crippen molar-refractivity contribution in [1.29, 1.82) is 0 Å². The van der Waals surface area contributed by atoms with Crippen molar-refractivity contribution < 1.29 is 19.2 Å². The minimum absolute atomic E-state index is 0.00659. The minimum atomic E-state index is -1.20. The highest BCUT2D eigenvalue weighted by Gasteiger charge is 2.60. The third kappa shape index (κ3) is 5.75. The number of quaternary nitrogens is 1. The number of aldehydes is 1. The summed E-state index contributed by atoms with van der Waals surface area (Å²) in [7, 11) is 2.15. The molecule has 3 fully saturated rings. The quantitative estimate of drug-likeness (QED) is 0.220. The van der Waals surface area contributed by atoms with Gasteiger partial charge in [0.2, 0.25) is 0 Å². The Hall–Kier alpha value is -2.94. The van der Waals surface area contributed by atoms with Gasteiger partial charge in [0.15, 0.2) is 5.66 Å². The molecule has 11 nitrogen and oxygen atoms in total. The molecule has 3 saturated heterocycles. The van der Waals surface area contributed by atoms with Crippen LogP contribution in [0.25, 0.3) is 21.9 Å². The number of halogens is 2. The first-order valence-electron chi connectivity index (χ1n) is 16.8. The first-order valence-corrected chi connectivity index (χ1v) is 18.4. The summed E-state index contributed by atoms with van der Waals surface area (Å²) in [5, 5.41) is 14.6. The van der Waals surface area contributed by atoms with Crippen molar-refractivity contribution in [2.24, 2.45) is 0 Å². The van der Waals surface area contributed by atoms with Crippen molar-refractivity contribution in [3.8, 4) is 0 Å². The van der Waals surface area contributed by atoms with Gasteiger partial charge < -0.3 is 24.6 Å². The van der Waals surface area contributed by atoms with E-state index in [2.05, 4.69) is 63.6 Å². The molecule has 3 aliphatic heterocycles. The van der Waals surface area contributed by atoms with Gasteiger partial charge in [-0.2, -0.15) is 0 Å². The maximum Gasteiger partial charge on any atom is 0.326 e. The van der Waals surface area contributed by atoms with Crippen molar-refractivity contribution in [3.05, 3.63) is 73.7 Å². The van der Waals surface area contributed by atoms with Gasteiger partial charge in [0.1, 0.15) is 12.8 Å². The van der Waals surface area contributed by atoms with Crippen molar-refractivity contribution in [1.82, 2.24) is 29.2 Å². The number of pyridine rings is 1. The Morgan fingerprint density at radius 3 is 2.50 bits per heavy atom. The van der Waals surface area contributed by atoms with Gasteiger partial charge in [-0.15, -0.1) is 0 Å². The number of hydrogen-bond acceptors (Lipinski definition) is 8. The number of H-pyrrole nitrogens is 1. The zero-order valence-electron chi connectivity index (χ0n) is 27.1. The fourth-order valence-corrected chi connectivity index (χ4v) is 9.47. The molecule has 13 heteroatoms. The maximum absolute atomic E-state index is 13.8. The monoisotopic (exact) mass is 781 g/mol. The summed E-state index contributed by atoms with van der Waals surface area (Å²) in [4.78, 5) is 55.2. The van der Waals surface area contributed by atoms with Crippen molar-refractivity contribution in [2.75, 3.05) is 52.9 Å². The summed E-state index contributed by atoms with van der Waals surface area (Å²) in [6.07, 6.45) is 3.90. The molecule has 0 radical (unpaired) electrons. The lowest BCUT2D eigenvalue weighted by Gasteiger charge is -2.61. The topological polar surface area (TPSA) is 118 Å². The number of imidazole rings is 1. The molecule has 254 valence electrons. The predicted molar refractivity (Wildman–Crippen MR) is 189 cm³/mol. The number of piperazine rings is 1. The molecule has 48 heavy (non-hydrogen) atoms. The van der Waals surface area contributed by atoms with E-state index in [0.29, 0.717) is 43.0 Å². The zero-order chi connectivity index (χ0) is 33.6. The first kappa shape index (κ1) is 33.6. The standard InChI is InChI=1S/C35H41Br2N7O4/c1-40-14-16-41(17-15-40)25-8-12-42(13-9-25)35(11-19-45)21-26(10-18-44(35,34(47)48)23-24-6-7-28(36)29(37)20-24)43-31-22-38-30-5-3-2-4-27(30)32(31)39-33(43)46/h2-7,19-20,22,25-26H,8-18,21,23H2,1H3,(H-,38,39,46,47,48)/t26?,35?,44-/m0/s1. The number of likely N-dealkylation sites (N-methyl/N-ethyl adjacent to an activating group) is 1. The number of carbonyl (C=O) groups is 2. The van der Waals surface area contributed by atoms with Crippen molar-refractivity contribution >= 4 is 66.2 Å².